The van der Waals surface area contributed by atoms with Crippen LogP contribution in [0.15, 0.2) is 60.9 Å². The number of hydrogen-bond donors (Lipinski definition) is 3. The summed E-state index contributed by atoms with van der Waals surface area (Å²) >= 11 is 0. The van der Waals surface area contributed by atoms with Crippen molar-refractivity contribution >= 4 is 28.3 Å². The number of nitrogens with one attached hydrogen (secondary N) is 3. The van der Waals surface area contributed by atoms with Crippen LogP contribution in [0.3, 0.4) is 0 Å². The van der Waals surface area contributed by atoms with E-state index in [0.717, 1.165) is 42.3 Å². The molecule has 0 spiro atoms. The van der Waals surface area contributed by atoms with Crippen LogP contribution in [-0.4, -0.2) is 45.9 Å². The number of carbonyl (C=O) groups is 1. The zero-order valence-electron chi connectivity index (χ0n) is 22.8. The largest absolute Gasteiger partial charge is 0.437 e. The van der Waals surface area contributed by atoms with E-state index in [2.05, 4.69) is 25.9 Å². The maximum atomic E-state index is 13.7. The minimum Gasteiger partial charge on any atom is -0.437 e. The van der Waals surface area contributed by atoms with Gasteiger partial charge in [-0.2, -0.15) is 0 Å². The van der Waals surface area contributed by atoms with Crippen molar-refractivity contribution in [1.82, 2.24) is 20.3 Å². The van der Waals surface area contributed by atoms with Crippen molar-refractivity contribution in [1.29, 1.82) is 0 Å². The van der Waals surface area contributed by atoms with Gasteiger partial charge in [0, 0.05) is 60.2 Å². The van der Waals surface area contributed by atoms with E-state index in [1.54, 1.807) is 18.5 Å². The molecule has 1 aliphatic carbocycles. The minimum absolute atomic E-state index is 0.178. The maximum absolute atomic E-state index is 13.7. The molecule has 41 heavy (non-hydrogen) atoms. The van der Waals surface area contributed by atoms with Crippen LogP contribution in [0.2, 0.25) is 0 Å². The number of fused-ring (bicyclic) bond motifs is 1. The molecule has 10 heteroatoms. The predicted octanol–water partition coefficient (Wildman–Crippen LogP) is 6.33. The summed E-state index contributed by atoms with van der Waals surface area (Å²) in [5.74, 6) is -2.36. The van der Waals surface area contributed by atoms with Crippen LogP contribution >= 0.6 is 0 Å². The van der Waals surface area contributed by atoms with Crippen LogP contribution in [0.5, 0.6) is 11.6 Å². The zero-order chi connectivity index (χ0) is 28.4. The summed E-state index contributed by atoms with van der Waals surface area (Å²) < 4.78 is 33.9. The Balaban J connectivity index is 1.29. The highest BCUT2D eigenvalue weighted by Gasteiger charge is 2.42. The standard InChI is InChI=1S/C31H32F2N6O2/c1-19-9-10-22-23(6-2-8-25(22)38-28(40)20-11-13-31(32,33)17-20)27(19)41-29-24(7-4-15-35-29)26-12-16-36-30(39-26)37-21-5-3-14-34-18-21/h2,4,6-10,12,15-16,20-21,34H,3,5,11,13-14,17-18H2,1H3,(H,38,40)(H,36,37,39)/t20-,21?/m0/s1. The van der Waals surface area contributed by atoms with Crippen LogP contribution in [0.25, 0.3) is 22.0 Å². The van der Waals surface area contributed by atoms with Crippen molar-refractivity contribution in [2.45, 2.75) is 51.0 Å². The zero-order valence-corrected chi connectivity index (χ0v) is 22.8. The number of aryl methyl sites for hydroxylation is 1. The highest BCUT2D eigenvalue weighted by atomic mass is 19.3. The Labute approximate surface area is 237 Å². The van der Waals surface area contributed by atoms with Gasteiger partial charge in [0.05, 0.1) is 11.3 Å². The van der Waals surface area contributed by atoms with E-state index in [-0.39, 0.29) is 24.8 Å². The van der Waals surface area contributed by atoms with Crippen LogP contribution in [0.4, 0.5) is 20.4 Å². The number of carbonyl (C=O) groups excluding carboxylic acids is 1. The summed E-state index contributed by atoms with van der Waals surface area (Å²) in [7, 11) is 0. The molecule has 2 aromatic carbocycles. The van der Waals surface area contributed by atoms with Gasteiger partial charge < -0.3 is 20.7 Å². The molecule has 1 saturated heterocycles. The molecule has 2 aromatic heterocycles. The van der Waals surface area contributed by atoms with E-state index < -0.39 is 18.3 Å². The summed E-state index contributed by atoms with van der Waals surface area (Å²) in [5, 5.41) is 11.2. The highest BCUT2D eigenvalue weighted by molar-refractivity contribution is 6.05. The number of halogens is 2. The third-order valence-corrected chi connectivity index (χ3v) is 7.77. The predicted molar refractivity (Wildman–Crippen MR) is 154 cm³/mol. The molecule has 8 nitrogen and oxygen atoms in total. The number of anilines is 2. The van der Waals surface area contributed by atoms with Gasteiger partial charge in [-0.3, -0.25) is 4.79 Å². The van der Waals surface area contributed by atoms with Crippen molar-refractivity contribution in [3.05, 3.63) is 66.5 Å². The van der Waals surface area contributed by atoms with Gasteiger partial charge in [0.25, 0.3) is 0 Å². The molecule has 3 N–H and O–H groups in total. The van der Waals surface area contributed by atoms with E-state index in [1.165, 1.54) is 0 Å². The molecule has 6 rings (SSSR count). The first-order valence-corrected chi connectivity index (χ1v) is 14.0. The fourth-order valence-corrected chi connectivity index (χ4v) is 5.59. The van der Waals surface area contributed by atoms with Gasteiger partial charge in [0.1, 0.15) is 5.75 Å². The molecular weight excluding hydrogens is 526 g/mol. The van der Waals surface area contributed by atoms with Gasteiger partial charge in [-0.05, 0) is 62.6 Å². The van der Waals surface area contributed by atoms with E-state index >= 15 is 0 Å². The van der Waals surface area contributed by atoms with Gasteiger partial charge >= 0.3 is 0 Å². The first-order valence-electron chi connectivity index (χ1n) is 14.0. The van der Waals surface area contributed by atoms with Gasteiger partial charge in [-0.15, -0.1) is 0 Å². The molecule has 1 amide bonds. The van der Waals surface area contributed by atoms with Crippen LogP contribution in [-0.2, 0) is 4.79 Å². The average Bonchev–Trinajstić information content (AvgIpc) is 3.35. The van der Waals surface area contributed by atoms with E-state index in [4.69, 9.17) is 9.72 Å². The molecule has 2 atom stereocenters. The molecule has 4 aromatic rings. The second-order valence-electron chi connectivity index (χ2n) is 10.8. The van der Waals surface area contributed by atoms with Gasteiger partial charge in [0.15, 0.2) is 0 Å². The van der Waals surface area contributed by atoms with Gasteiger partial charge in [-0.25, -0.2) is 23.7 Å². The Morgan fingerprint density at radius 1 is 1.05 bits per heavy atom. The lowest BCUT2D eigenvalue weighted by molar-refractivity contribution is -0.120. The smallest absolute Gasteiger partial charge is 0.248 e. The number of piperidine rings is 1. The van der Waals surface area contributed by atoms with E-state index in [9.17, 15) is 13.6 Å². The lowest BCUT2D eigenvalue weighted by Gasteiger charge is -2.23. The topological polar surface area (TPSA) is 101 Å². The molecule has 2 aliphatic rings. The van der Waals surface area contributed by atoms with Crippen molar-refractivity contribution in [2.24, 2.45) is 5.92 Å². The Hall–Kier alpha value is -4.18. The second-order valence-corrected chi connectivity index (χ2v) is 10.8. The number of hydrogen-bond acceptors (Lipinski definition) is 7. The SMILES string of the molecule is Cc1ccc2c(NC(=O)[C@H]3CCC(F)(F)C3)cccc2c1Oc1ncccc1-c1ccnc(NC2CCCNC2)n1. The van der Waals surface area contributed by atoms with Gasteiger partial charge in [0.2, 0.25) is 23.7 Å². The van der Waals surface area contributed by atoms with Crippen LogP contribution in [0.1, 0.15) is 37.7 Å². The van der Waals surface area contributed by atoms with Gasteiger partial charge in [-0.1, -0.05) is 24.3 Å². The summed E-state index contributed by atoms with van der Waals surface area (Å²) in [5.41, 5.74) is 2.82. The number of pyridine rings is 1. The number of alkyl halides is 2. The molecule has 1 aliphatic heterocycles. The number of ether oxygens (including phenoxy) is 1. The maximum Gasteiger partial charge on any atom is 0.248 e. The molecule has 212 valence electrons. The number of amides is 1. The fraction of sp³-hybridized carbons (Fsp3) is 0.355. The third-order valence-electron chi connectivity index (χ3n) is 7.77. The summed E-state index contributed by atoms with van der Waals surface area (Å²) in [6.07, 6.45) is 5.04. The van der Waals surface area contributed by atoms with E-state index in [0.29, 0.717) is 34.5 Å². The highest BCUT2D eigenvalue weighted by Crippen LogP contribution is 2.41. The van der Waals surface area contributed by atoms with Crippen molar-refractivity contribution < 1.29 is 18.3 Å². The quantitative estimate of drug-likeness (QED) is 0.244. The summed E-state index contributed by atoms with van der Waals surface area (Å²) in [6, 6.07) is 15.1. The first-order chi connectivity index (χ1) is 19.9. The Morgan fingerprint density at radius 2 is 1.95 bits per heavy atom. The molecular formula is C31H32F2N6O2. The number of benzene rings is 2. The second kappa shape index (κ2) is 11.4. The number of aromatic nitrogens is 3. The van der Waals surface area contributed by atoms with Crippen LogP contribution in [0, 0.1) is 12.8 Å². The number of rotatable bonds is 7. The van der Waals surface area contributed by atoms with Crippen LogP contribution < -0.4 is 20.7 Å². The third kappa shape index (κ3) is 5.97. The van der Waals surface area contributed by atoms with Crippen molar-refractivity contribution in [3.63, 3.8) is 0 Å². The summed E-state index contributed by atoms with van der Waals surface area (Å²) in [6.45, 7) is 3.83. The molecule has 0 radical (unpaired) electrons. The Morgan fingerprint density at radius 3 is 2.76 bits per heavy atom. The fourth-order valence-electron chi connectivity index (χ4n) is 5.59. The normalized spacial score (nSPS) is 20.1. The number of nitrogens with zero attached hydrogens (tertiary/aromatic N) is 3. The minimum atomic E-state index is -2.78. The molecule has 1 unspecified atom stereocenters. The monoisotopic (exact) mass is 558 g/mol. The van der Waals surface area contributed by atoms with Crippen molar-refractivity contribution in [2.75, 3.05) is 23.7 Å². The molecule has 0 bridgehead atoms. The molecule has 2 fully saturated rings. The Kier molecular flexibility index (Phi) is 7.49. The Bertz CT molecular complexity index is 1570. The molecule has 1 saturated carbocycles. The first kappa shape index (κ1) is 27.0. The molecule has 3 heterocycles. The lowest BCUT2D eigenvalue weighted by atomic mass is 10.0. The average molecular weight is 559 g/mol. The lowest BCUT2D eigenvalue weighted by Crippen LogP contribution is -2.38. The summed E-state index contributed by atoms with van der Waals surface area (Å²) in [4.78, 5) is 26.5. The van der Waals surface area contributed by atoms with Crippen molar-refractivity contribution in [3.8, 4) is 22.9 Å². The van der Waals surface area contributed by atoms with E-state index in [1.807, 2.05) is 49.4 Å².